The Labute approximate surface area is 125 Å². The van der Waals surface area contributed by atoms with E-state index in [0.717, 1.165) is 23.4 Å². The Bertz CT molecular complexity index is 627. The number of aromatic amines is 1. The number of rotatable bonds is 4. The maximum atomic E-state index is 4.07. The average molecular weight is 279 g/mol. The molecule has 1 aromatic heterocycles. The molecule has 21 heavy (non-hydrogen) atoms. The molecule has 0 amide bonds. The monoisotopic (exact) mass is 279 g/mol. The Morgan fingerprint density at radius 1 is 1.19 bits per heavy atom. The molecule has 0 spiro atoms. The summed E-state index contributed by atoms with van der Waals surface area (Å²) in [6, 6.07) is 9.14. The van der Waals surface area contributed by atoms with Gasteiger partial charge >= 0.3 is 0 Å². The molecule has 108 valence electrons. The lowest BCUT2D eigenvalue weighted by atomic mass is 9.87. The lowest BCUT2D eigenvalue weighted by molar-refractivity contribution is 0.400. The van der Waals surface area contributed by atoms with Crippen LogP contribution in [0.4, 0.5) is 5.69 Å². The lowest BCUT2D eigenvalue weighted by Crippen LogP contribution is -2.28. The van der Waals surface area contributed by atoms with Crippen molar-refractivity contribution < 1.29 is 0 Å². The molecule has 0 radical (unpaired) electrons. The first-order chi connectivity index (χ1) is 10.3. The fourth-order valence-electron chi connectivity index (χ4n) is 3.93. The number of allylic oxidation sites excluding steroid dienone is 2. The minimum absolute atomic E-state index is 0.531. The van der Waals surface area contributed by atoms with E-state index in [4.69, 9.17) is 0 Å². The molecule has 3 heteroatoms. The highest BCUT2D eigenvalue weighted by Crippen LogP contribution is 2.45. The van der Waals surface area contributed by atoms with Gasteiger partial charge in [-0.05, 0) is 55.2 Å². The van der Waals surface area contributed by atoms with Crippen molar-refractivity contribution in [2.45, 2.75) is 25.8 Å². The van der Waals surface area contributed by atoms with E-state index in [9.17, 15) is 0 Å². The van der Waals surface area contributed by atoms with Gasteiger partial charge in [-0.3, -0.25) is 0 Å². The number of benzene rings is 1. The molecule has 2 aliphatic carbocycles. The van der Waals surface area contributed by atoms with E-state index < -0.39 is 0 Å². The van der Waals surface area contributed by atoms with Crippen molar-refractivity contribution in [1.82, 2.24) is 9.97 Å². The minimum Gasteiger partial charge on any atom is -0.382 e. The number of H-pyrrole nitrogens is 1. The fourth-order valence-corrected chi connectivity index (χ4v) is 3.93. The Morgan fingerprint density at radius 3 is 2.67 bits per heavy atom. The number of anilines is 1. The molecular weight excluding hydrogens is 258 g/mol. The molecule has 2 aliphatic rings. The number of imidazole rings is 1. The predicted molar refractivity (Wildman–Crippen MR) is 86.0 cm³/mol. The molecule has 1 aromatic carbocycles. The molecule has 3 nitrogen and oxygen atoms in total. The number of hydrogen-bond donors (Lipinski definition) is 2. The maximum absolute atomic E-state index is 4.07. The summed E-state index contributed by atoms with van der Waals surface area (Å²) >= 11 is 0. The van der Waals surface area contributed by atoms with E-state index in [-0.39, 0.29) is 0 Å². The van der Waals surface area contributed by atoms with E-state index in [0.29, 0.717) is 6.04 Å². The highest BCUT2D eigenvalue weighted by atomic mass is 14.9. The van der Waals surface area contributed by atoms with Crippen LogP contribution in [0, 0.1) is 17.8 Å². The highest BCUT2D eigenvalue weighted by Gasteiger charge is 2.38. The van der Waals surface area contributed by atoms with Gasteiger partial charge in [0.1, 0.15) is 0 Å². The number of hydrogen-bond acceptors (Lipinski definition) is 2. The molecular formula is C18H21N3. The largest absolute Gasteiger partial charge is 0.382 e. The van der Waals surface area contributed by atoms with Gasteiger partial charge in [-0.15, -0.1) is 0 Å². The quantitative estimate of drug-likeness (QED) is 0.828. The van der Waals surface area contributed by atoms with Crippen LogP contribution in [0.15, 0.2) is 48.9 Å². The van der Waals surface area contributed by atoms with Gasteiger partial charge in [0.25, 0.3) is 0 Å². The van der Waals surface area contributed by atoms with Gasteiger partial charge in [0.05, 0.1) is 18.2 Å². The van der Waals surface area contributed by atoms with Crippen LogP contribution in [-0.4, -0.2) is 16.0 Å². The van der Waals surface area contributed by atoms with Crippen molar-refractivity contribution in [3.8, 4) is 11.3 Å². The molecule has 4 rings (SSSR count). The van der Waals surface area contributed by atoms with Crippen LogP contribution in [0.3, 0.4) is 0 Å². The predicted octanol–water partition coefficient (Wildman–Crippen LogP) is 4.09. The van der Waals surface area contributed by atoms with Gasteiger partial charge in [-0.2, -0.15) is 0 Å². The zero-order chi connectivity index (χ0) is 14.2. The van der Waals surface area contributed by atoms with Crippen molar-refractivity contribution in [3.05, 3.63) is 48.9 Å². The third-order valence-corrected chi connectivity index (χ3v) is 5.06. The summed E-state index contributed by atoms with van der Waals surface area (Å²) in [6.07, 6.45) is 11.1. The number of aromatic nitrogens is 2. The van der Waals surface area contributed by atoms with Crippen molar-refractivity contribution in [1.29, 1.82) is 0 Å². The van der Waals surface area contributed by atoms with E-state index >= 15 is 0 Å². The average Bonchev–Trinajstić information content (AvgIpc) is 3.25. The fraction of sp³-hybridized carbons (Fsp3) is 0.389. The molecule has 1 fully saturated rings. The van der Waals surface area contributed by atoms with E-state index in [1.807, 2.05) is 6.20 Å². The van der Waals surface area contributed by atoms with E-state index in [1.54, 1.807) is 6.33 Å². The van der Waals surface area contributed by atoms with Crippen LogP contribution in [0.2, 0.25) is 0 Å². The summed E-state index contributed by atoms with van der Waals surface area (Å²) in [4.78, 5) is 7.20. The second-order valence-electron chi connectivity index (χ2n) is 6.42. The first-order valence-electron chi connectivity index (χ1n) is 7.83. The minimum atomic E-state index is 0.531. The summed E-state index contributed by atoms with van der Waals surface area (Å²) in [5, 5.41) is 3.68. The Morgan fingerprint density at radius 2 is 2.05 bits per heavy atom. The van der Waals surface area contributed by atoms with Crippen LogP contribution in [0.5, 0.6) is 0 Å². The summed E-state index contributed by atoms with van der Waals surface area (Å²) in [5.74, 6) is 2.42. The van der Waals surface area contributed by atoms with Gasteiger partial charge in [-0.1, -0.05) is 24.3 Å². The van der Waals surface area contributed by atoms with Crippen molar-refractivity contribution in [2.24, 2.45) is 17.8 Å². The van der Waals surface area contributed by atoms with Crippen molar-refractivity contribution in [3.63, 3.8) is 0 Å². The van der Waals surface area contributed by atoms with Crippen molar-refractivity contribution >= 4 is 5.69 Å². The van der Waals surface area contributed by atoms with Crippen molar-refractivity contribution in [2.75, 3.05) is 5.32 Å². The Kier molecular flexibility index (Phi) is 3.06. The van der Waals surface area contributed by atoms with Crippen LogP contribution in [0.25, 0.3) is 11.3 Å². The molecule has 1 saturated carbocycles. The van der Waals surface area contributed by atoms with Crippen LogP contribution >= 0.6 is 0 Å². The van der Waals surface area contributed by atoms with Crippen LogP contribution in [0.1, 0.15) is 19.8 Å². The summed E-state index contributed by atoms with van der Waals surface area (Å²) in [6.45, 7) is 2.32. The first-order valence-corrected chi connectivity index (χ1v) is 7.83. The van der Waals surface area contributed by atoms with Gasteiger partial charge in [0.15, 0.2) is 0 Å². The molecule has 4 atom stereocenters. The Balaban J connectivity index is 1.44. The zero-order valence-electron chi connectivity index (χ0n) is 12.3. The lowest BCUT2D eigenvalue weighted by Gasteiger charge is -2.27. The number of nitrogens with zero attached hydrogens (tertiary/aromatic N) is 1. The summed E-state index contributed by atoms with van der Waals surface area (Å²) in [5.41, 5.74) is 3.44. The molecule has 1 heterocycles. The molecule has 2 N–H and O–H groups in total. The second kappa shape index (κ2) is 5.06. The number of nitrogens with one attached hydrogen (secondary N) is 2. The summed E-state index contributed by atoms with van der Waals surface area (Å²) in [7, 11) is 0. The molecule has 0 aliphatic heterocycles. The third kappa shape index (κ3) is 2.37. The normalized spacial score (nSPS) is 28.0. The van der Waals surface area contributed by atoms with Crippen LogP contribution < -0.4 is 5.32 Å². The van der Waals surface area contributed by atoms with E-state index in [1.165, 1.54) is 24.1 Å². The SMILES string of the molecule is CC(Nc1ccc(-c2cnc[nH]2)cc1)C1CC2C=CC1C2. The summed E-state index contributed by atoms with van der Waals surface area (Å²) < 4.78 is 0. The molecule has 4 unspecified atom stereocenters. The molecule has 2 aromatic rings. The van der Waals surface area contributed by atoms with Crippen LogP contribution in [-0.2, 0) is 0 Å². The zero-order valence-corrected chi connectivity index (χ0v) is 12.3. The van der Waals surface area contributed by atoms with Gasteiger partial charge < -0.3 is 10.3 Å². The smallest absolute Gasteiger partial charge is 0.0924 e. The standard InChI is InChI=1S/C18H21N3/c1-12(17-9-13-2-3-15(17)8-13)21-16-6-4-14(5-7-16)18-10-19-11-20-18/h2-7,10-13,15,17,21H,8-9H2,1H3,(H,19,20). The van der Waals surface area contributed by atoms with E-state index in [2.05, 4.69) is 58.6 Å². The molecule has 2 bridgehead atoms. The Hall–Kier alpha value is -2.03. The third-order valence-electron chi connectivity index (χ3n) is 5.06. The topological polar surface area (TPSA) is 40.7 Å². The van der Waals surface area contributed by atoms with Gasteiger partial charge in [-0.25, -0.2) is 4.98 Å². The second-order valence-corrected chi connectivity index (χ2v) is 6.42. The van der Waals surface area contributed by atoms with Gasteiger partial charge in [0.2, 0.25) is 0 Å². The number of fused-ring (bicyclic) bond motifs is 2. The van der Waals surface area contributed by atoms with Gasteiger partial charge in [0, 0.05) is 11.7 Å². The molecule has 0 saturated heterocycles. The first kappa shape index (κ1) is 12.7. The highest BCUT2D eigenvalue weighted by molar-refractivity contribution is 5.62. The maximum Gasteiger partial charge on any atom is 0.0924 e.